The van der Waals surface area contributed by atoms with Gasteiger partial charge in [0.2, 0.25) is 11.2 Å². The minimum absolute atomic E-state index is 0.772. The molecule has 0 atom stereocenters. The fourth-order valence-corrected chi connectivity index (χ4v) is 4.41. The molecule has 0 aliphatic carbocycles. The van der Waals surface area contributed by atoms with E-state index < -0.39 is 0 Å². The molecule has 0 unspecified atom stereocenters. The number of nitrogens with zero attached hydrogens (tertiary/aromatic N) is 2. The van der Waals surface area contributed by atoms with Crippen LogP contribution >= 0.6 is 23.4 Å². The summed E-state index contributed by atoms with van der Waals surface area (Å²) < 4.78 is 2.31. The Kier molecular flexibility index (Phi) is 3.99. The molecular formula is C20H18ClN2S+. The number of para-hydroxylation sites is 1. The molecule has 2 nitrogen and oxygen atoms in total. The molecule has 1 aliphatic heterocycles. The van der Waals surface area contributed by atoms with E-state index in [0.717, 1.165) is 11.6 Å². The predicted octanol–water partition coefficient (Wildman–Crippen LogP) is 5.34. The average Bonchev–Trinajstić information content (AvgIpc) is 2.91. The molecule has 120 valence electrons. The van der Waals surface area contributed by atoms with Gasteiger partial charge in [0.05, 0.1) is 10.7 Å². The highest BCUT2D eigenvalue weighted by atomic mass is 35.5. The topological polar surface area (TPSA) is 7.12 Å². The Balaban J connectivity index is 1.83. The zero-order valence-electron chi connectivity index (χ0n) is 13.7. The molecule has 0 spiro atoms. The molecule has 0 radical (unpaired) electrons. The number of benzene rings is 2. The van der Waals surface area contributed by atoms with Crippen LogP contribution in [0.3, 0.4) is 0 Å². The van der Waals surface area contributed by atoms with Crippen molar-refractivity contribution in [3.63, 3.8) is 0 Å². The van der Waals surface area contributed by atoms with Crippen LogP contribution in [0.2, 0.25) is 5.02 Å². The van der Waals surface area contributed by atoms with Crippen LogP contribution in [0.15, 0.2) is 64.5 Å². The lowest BCUT2D eigenvalue weighted by molar-refractivity contribution is -0.669. The quantitative estimate of drug-likeness (QED) is 0.574. The third kappa shape index (κ3) is 2.58. The number of thioether (sulfide) groups is 1. The summed E-state index contributed by atoms with van der Waals surface area (Å²) in [5, 5.41) is 3.22. The van der Waals surface area contributed by atoms with Crippen molar-refractivity contribution in [2.24, 2.45) is 0 Å². The maximum absolute atomic E-state index is 6.21. The maximum atomic E-state index is 6.21. The number of halogens is 1. The van der Waals surface area contributed by atoms with Gasteiger partial charge in [-0.2, -0.15) is 4.57 Å². The number of aryl methyl sites for hydroxylation is 1. The third-order valence-corrected chi connectivity index (χ3v) is 5.79. The Morgan fingerprint density at radius 3 is 2.71 bits per heavy atom. The lowest BCUT2D eigenvalue weighted by Gasteiger charge is -2.13. The van der Waals surface area contributed by atoms with Gasteiger partial charge >= 0.3 is 0 Å². The second-order valence-corrected chi connectivity index (χ2v) is 7.32. The predicted molar refractivity (Wildman–Crippen MR) is 104 cm³/mol. The van der Waals surface area contributed by atoms with Crippen LogP contribution < -0.4 is 9.47 Å². The van der Waals surface area contributed by atoms with E-state index in [0.29, 0.717) is 0 Å². The largest absolute Gasteiger partial charge is 0.338 e. The summed E-state index contributed by atoms with van der Waals surface area (Å²) in [6, 6.07) is 18.9. The van der Waals surface area contributed by atoms with Gasteiger partial charge in [-0.1, -0.05) is 35.5 Å². The standard InChI is InChI=1S/C20H18ClN2S/c1-3-23-16(11-9-14-8-10-15(21)12-18(14)23)13-20-22(2)17-6-4-5-7-19(17)24-20/h4-13H,3H2,1-2H3/q+1. The molecule has 1 aliphatic rings. The second kappa shape index (κ2) is 6.15. The lowest BCUT2D eigenvalue weighted by Crippen LogP contribution is -2.36. The molecule has 0 saturated heterocycles. The van der Waals surface area contributed by atoms with Crippen molar-refractivity contribution in [2.45, 2.75) is 18.4 Å². The fourth-order valence-electron chi connectivity index (χ4n) is 3.15. The van der Waals surface area contributed by atoms with Gasteiger partial charge in [-0.15, -0.1) is 0 Å². The van der Waals surface area contributed by atoms with Crippen molar-refractivity contribution in [1.82, 2.24) is 0 Å². The second-order valence-electron chi connectivity index (χ2n) is 5.82. The Morgan fingerprint density at radius 1 is 1.12 bits per heavy atom. The van der Waals surface area contributed by atoms with E-state index in [4.69, 9.17) is 11.6 Å². The molecule has 2 heterocycles. The van der Waals surface area contributed by atoms with Crippen LogP contribution in [-0.4, -0.2) is 7.05 Å². The van der Waals surface area contributed by atoms with E-state index in [-0.39, 0.29) is 0 Å². The zero-order chi connectivity index (χ0) is 16.7. The molecule has 24 heavy (non-hydrogen) atoms. The normalized spacial score (nSPS) is 15.3. The summed E-state index contributed by atoms with van der Waals surface area (Å²) in [6.45, 7) is 3.07. The van der Waals surface area contributed by atoms with Crippen molar-refractivity contribution in [3.05, 3.63) is 70.3 Å². The highest BCUT2D eigenvalue weighted by molar-refractivity contribution is 8.03. The zero-order valence-corrected chi connectivity index (χ0v) is 15.2. The van der Waals surface area contributed by atoms with Gasteiger partial charge in [-0.3, -0.25) is 0 Å². The number of hydrogen-bond acceptors (Lipinski definition) is 2. The van der Waals surface area contributed by atoms with Gasteiger partial charge in [0, 0.05) is 40.6 Å². The van der Waals surface area contributed by atoms with Gasteiger partial charge in [0.15, 0.2) is 0 Å². The van der Waals surface area contributed by atoms with Crippen molar-refractivity contribution >= 4 is 46.0 Å². The Labute approximate surface area is 151 Å². The maximum Gasteiger partial charge on any atom is 0.214 e. The number of pyridine rings is 1. The van der Waals surface area contributed by atoms with Crippen molar-refractivity contribution < 1.29 is 4.57 Å². The number of fused-ring (bicyclic) bond motifs is 2. The molecule has 3 aromatic rings. The summed E-state index contributed by atoms with van der Waals surface area (Å²) in [5.74, 6) is 0. The third-order valence-electron chi connectivity index (χ3n) is 4.39. The van der Waals surface area contributed by atoms with Crippen LogP contribution in [0, 0.1) is 0 Å². The number of aromatic nitrogens is 1. The molecule has 0 amide bonds. The number of anilines is 1. The van der Waals surface area contributed by atoms with E-state index in [1.54, 1.807) is 0 Å². The molecule has 4 rings (SSSR count). The van der Waals surface area contributed by atoms with Crippen molar-refractivity contribution in [3.8, 4) is 0 Å². The SMILES string of the molecule is CC[n+]1c(/C=C2\Sc3ccccc3N2C)ccc2ccc(Cl)cc21. The summed E-state index contributed by atoms with van der Waals surface area (Å²) in [6.07, 6.45) is 2.26. The highest BCUT2D eigenvalue weighted by Gasteiger charge is 2.23. The van der Waals surface area contributed by atoms with E-state index in [1.807, 2.05) is 23.9 Å². The first-order valence-corrected chi connectivity index (χ1v) is 9.21. The Bertz CT molecular complexity index is 965. The van der Waals surface area contributed by atoms with Crippen molar-refractivity contribution in [1.29, 1.82) is 0 Å². The number of rotatable bonds is 2. The minimum atomic E-state index is 0.772. The number of hydrogen-bond donors (Lipinski definition) is 0. The van der Waals surface area contributed by atoms with Gasteiger partial charge in [0.25, 0.3) is 0 Å². The summed E-state index contributed by atoms with van der Waals surface area (Å²) >= 11 is 8.03. The van der Waals surface area contributed by atoms with E-state index in [2.05, 4.69) is 72.0 Å². The molecule has 0 N–H and O–H groups in total. The van der Waals surface area contributed by atoms with E-state index in [9.17, 15) is 0 Å². The first-order valence-electron chi connectivity index (χ1n) is 8.02. The minimum Gasteiger partial charge on any atom is -0.338 e. The smallest absolute Gasteiger partial charge is 0.214 e. The molecule has 1 aromatic heterocycles. The Hall–Kier alpha value is -1.97. The van der Waals surface area contributed by atoms with Crippen LogP contribution in [0.4, 0.5) is 5.69 Å². The molecule has 0 fully saturated rings. The van der Waals surface area contributed by atoms with Gasteiger partial charge in [0.1, 0.15) is 6.54 Å². The van der Waals surface area contributed by atoms with Gasteiger partial charge in [-0.25, -0.2) is 0 Å². The molecule has 2 aromatic carbocycles. The van der Waals surface area contributed by atoms with E-state index in [1.165, 1.54) is 32.2 Å². The molecule has 0 saturated carbocycles. The summed E-state index contributed by atoms with van der Waals surface area (Å²) in [7, 11) is 2.12. The fraction of sp³-hybridized carbons (Fsp3) is 0.150. The summed E-state index contributed by atoms with van der Waals surface area (Å²) in [5.41, 5.74) is 3.62. The van der Waals surface area contributed by atoms with Gasteiger partial charge < -0.3 is 4.90 Å². The summed E-state index contributed by atoms with van der Waals surface area (Å²) in [4.78, 5) is 3.56. The van der Waals surface area contributed by atoms with Gasteiger partial charge in [-0.05, 0) is 37.3 Å². The van der Waals surface area contributed by atoms with E-state index >= 15 is 0 Å². The molecule has 0 bridgehead atoms. The molecular weight excluding hydrogens is 336 g/mol. The highest BCUT2D eigenvalue weighted by Crippen LogP contribution is 2.45. The lowest BCUT2D eigenvalue weighted by atomic mass is 10.2. The Morgan fingerprint density at radius 2 is 1.92 bits per heavy atom. The first kappa shape index (κ1) is 15.6. The van der Waals surface area contributed by atoms with Crippen LogP contribution in [-0.2, 0) is 6.54 Å². The monoisotopic (exact) mass is 353 g/mol. The van der Waals surface area contributed by atoms with Crippen LogP contribution in [0.25, 0.3) is 17.0 Å². The van der Waals surface area contributed by atoms with Crippen LogP contribution in [0.5, 0.6) is 0 Å². The average molecular weight is 354 g/mol. The molecule has 4 heteroatoms. The first-order chi connectivity index (χ1) is 11.7. The van der Waals surface area contributed by atoms with Crippen LogP contribution in [0.1, 0.15) is 12.6 Å². The van der Waals surface area contributed by atoms with Crippen molar-refractivity contribution in [2.75, 3.05) is 11.9 Å².